The van der Waals surface area contributed by atoms with E-state index in [1.807, 2.05) is 6.07 Å². The van der Waals surface area contributed by atoms with E-state index in [0.717, 1.165) is 23.1 Å². The zero-order chi connectivity index (χ0) is 10.1. The van der Waals surface area contributed by atoms with Gasteiger partial charge in [0, 0.05) is 4.47 Å². The number of rotatable bonds is 1. The van der Waals surface area contributed by atoms with Crippen molar-refractivity contribution in [2.45, 2.75) is 24.6 Å². The number of hydrogen-bond acceptors (Lipinski definition) is 1. The summed E-state index contributed by atoms with van der Waals surface area (Å²) < 4.78 is 6.34. The van der Waals surface area contributed by atoms with E-state index in [-0.39, 0.29) is 5.38 Å². The molecule has 0 aliphatic heterocycles. The molecule has 0 bridgehead atoms. The van der Waals surface area contributed by atoms with Gasteiger partial charge in [-0.3, -0.25) is 0 Å². The van der Waals surface area contributed by atoms with Crippen LogP contribution in [0, 0.1) is 0 Å². The highest BCUT2D eigenvalue weighted by Crippen LogP contribution is 2.40. The Morgan fingerprint density at radius 1 is 1.50 bits per heavy atom. The van der Waals surface area contributed by atoms with Crippen molar-refractivity contribution < 1.29 is 4.74 Å². The lowest BCUT2D eigenvalue weighted by atomic mass is 9.91. The van der Waals surface area contributed by atoms with Crippen molar-refractivity contribution in [3.05, 3.63) is 27.7 Å². The van der Waals surface area contributed by atoms with E-state index >= 15 is 0 Å². The average Bonchev–Trinajstić information content (AvgIpc) is 2.19. The highest BCUT2D eigenvalue weighted by Gasteiger charge is 2.20. The molecule has 1 nitrogen and oxygen atoms in total. The van der Waals surface area contributed by atoms with Gasteiger partial charge in [-0.05, 0) is 42.5 Å². The zero-order valence-electron chi connectivity index (χ0n) is 8.02. The number of fused-ring (bicyclic) bond motifs is 1. The van der Waals surface area contributed by atoms with Crippen molar-refractivity contribution in [3.63, 3.8) is 0 Å². The van der Waals surface area contributed by atoms with Crippen molar-refractivity contribution in [1.82, 2.24) is 0 Å². The van der Waals surface area contributed by atoms with Crippen LogP contribution in [0.5, 0.6) is 5.75 Å². The summed E-state index contributed by atoms with van der Waals surface area (Å²) in [4.78, 5) is 0. The van der Waals surface area contributed by atoms with Crippen molar-refractivity contribution >= 4 is 27.5 Å². The molecule has 1 aliphatic rings. The molecule has 14 heavy (non-hydrogen) atoms. The second-order valence-electron chi connectivity index (χ2n) is 3.54. The van der Waals surface area contributed by atoms with Crippen LogP contribution in [0.25, 0.3) is 0 Å². The quantitative estimate of drug-likeness (QED) is 0.702. The van der Waals surface area contributed by atoms with Gasteiger partial charge in [-0.25, -0.2) is 0 Å². The summed E-state index contributed by atoms with van der Waals surface area (Å²) >= 11 is 9.83. The lowest BCUT2D eigenvalue weighted by Gasteiger charge is -2.22. The van der Waals surface area contributed by atoms with E-state index in [1.54, 1.807) is 7.11 Å². The minimum atomic E-state index is 0.144. The number of methoxy groups -OCH3 is 1. The van der Waals surface area contributed by atoms with E-state index in [4.69, 9.17) is 16.3 Å². The van der Waals surface area contributed by atoms with Gasteiger partial charge in [0.2, 0.25) is 0 Å². The predicted molar refractivity (Wildman–Crippen MR) is 62.2 cm³/mol. The van der Waals surface area contributed by atoms with Crippen LogP contribution in [-0.4, -0.2) is 7.11 Å². The van der Waals surface area contributed by atoms with Crippen molar-refractivity contribution in [1.29, 1.82) is 0 Å². The van der Waals surface area contributed by atoms with Gasteiger partial charge in [0.1, 0.15) is 5.75 Å². The lowest BCUT2D eigenvalue weighted by molar-refractivity contribution is 0.413. The highest BCUT2D eigenvalue weighted by molar-refractivity contribution is 9.10. The molecular formula is C11H12BrClO. The maximum Gasteiger partial charge on any atom is 0.120 e. The molecule has 0 aromatic heterocycles. The molecule has 0 N–H and O–H groups in total. The van der Waals surface area contributed by atoms with E-state index in [2.05, 4.69) is 22.0 Å². The number of alkyl halides is 1. The summed E-state index contributed by atoms with van der Waals surface area (Å²) in [6, 6.07) is 4.06. The van der Waals surface area contributed by atoms with Crippen LogP contribution in [0.4, 0.5) is 0 Å². The standard InChI is InChI=1S/C11H12BrClO/c1-14-7-5-9-8(10(12)6-7)3-2-4-11(9)13/h5-6,11H,2-4H2,1H3. The van der Waals surface area contributed by atoms with Crippen LogP contribution in [0.3, 0.4) is 0 Å². The Balaban J connectivity index is 2.51. The van der Waals surface area contributed by atoms with Crippen molar-refractivity contribution in [2.24, 2.45) is 0 Å². The summed E-state index contributed by atoms with van der Waals surface area (Å²) in [5.41, 5.74) is 2.57. The molecule has 2 rings (SSSR count). The molecule has 0 saturated heterocycles. The van der Waals surface area contributed by atoms with E-state index in [1.165, 1.54) is 17.5 Å². The first-order valence-corrected chi connectivity index (χ1v) is 5.95. The summed E-state index contributed by atoms with van der Waals surface area (Å²) in [6.45, 7) is 0. The SMILES string of the molecule is COc1cc(Br)c2c(c1)C(Cl)CCC2. The first kappa shape index (κ1) is 10.3. The Kier molecular flexibility index (Phi) is 3.03. The van der Waals surface area contributed by atoms with Gasteiger partial charge in [-0.1, -0.05) is 15.9 Å². The third-order valence-corrected chi connectivity index (χ3v) is 3.82. The number of halogens is 2. The van der Waals surface area contributed by atoms with E-state index < -0.39 is 0 Å². The third kappa shape index (κ3) is 1.78. The third-order valence-electron chi connectivity index (χ3n) is 2.66. The van der Waals surface area contributed by atoms with Crippen LogP contribution in [0.15, 0.2) is 16.6 Å². The Labute approximate surface area is 97.5 Å². The molecule has 1 aromatic carbocycles. The molecule has 0 radical (unpaired) electrons. The van der Waals surface area contributed by atoms with Gasteiger partial charge < -0.3 is 4.74 Å². The summed E-state index contributed by atoms with van der Waals surface area (Å²) in [7, 11) is 1.68. The van der Waals surface area contributed by atoms with Gasteiger partial charge in [-0.2, -0.15) is 0 Å². The number of ether oxygens (including phenoxy) is 1. The molecule has 1 unspecified atom stereocenters. The van der Waals surface area contributed by atoms with Crippen LogP contribution in [0.1, 0.15) is 29.3 Å². The maximum absolute atomic E-state index is 6.27. The van der Waals surface area contributed by atoms with Gasteiger partial charge in [0.15, 0.2) is 0 Å². The number of hydrogen-bond donors (Lipinski definition) is 0. The first-order valence-electron chi connectivity index (χ1n) is 4.72. The lowest BCUT2D eigenvalue weighted by Crippen LogP contribution is -2.06. The van der Waals surface area contributed by atoms with Gasteiger partial charge in [0.05, 0.1) is 12.5 Å². The Morgan fingerprint density at radius 2 is 2.29 bits per heavy atom. The first-order chi connectivity index (χ1) is 6.72. The van der Waals surface area contributed by atoms with Gasteiger partial charge in [-0.15, -0.1) is 11.6 Å². The molecular weight excluding hydrogens is 263 g/mol. The topological polar surface area (TPSA) is 9.23 Å². The van der Waals surface area contributed by atoms with E-state index in [9.17, 15) is 0 Å². The molecule has 1 aliphatic carbocycles. The van der Waals surface area contributed by atoms with Crippen molar-refractivity contribution in [3.8, 4) is 5.75 Å². The van der Waals surface area contributed by atoms with Crippen LogP contribution in [-0.2, 0) is 6.42 Å². The predicted octanol–water partition coefficient (Wildman–Crippen LogP) is 4.07. The van der Waals surface area contributed by atoms with Gasteiger partial charge >= 0.3 is 0 Å². The molecule has 0 amide bonds. The van der Waals surface area contributed by atoms with Gasteiger partial charge in [0.25, 0.3) is 0 Å². The maximum atomic E-state index is 6.27. The molecule has 0 fully saturated rings. The van der Waals surface area contributed by atoms with Crippen LogP contribution in [0.2, 0.25) is 0 Å². The largest absolute Gasteiger partial charge is 0.497 e. The smallest absolute Gasteiger partial charge is 0.120 e. The molecule has 0 spiro atoms. The second-order valence-corrected chi connectivity index (χ2v) is 4.92. The molecule has 1 aromatic rings. The highest BCUT2D eigenvalue weighted by atomic mass is 79.9. The fraction of sp³-hybridized carbons (Fsp3) is 0.455. The Morgan fingerprint density at radius 3 is 3.00 bits per heavy atom. The average molecular weight is 276 g/mol. The fourth-order valence-electron chi connectivity index (χ4n) is 1.91. The van der Waals surface area contributed by atoms with E-state index in [0.29, 0.717) is 0 Å². The molecule has 0 saturated carbocycles. The summed E-state index contributed by atoms with van der Waals surface area (Å²) in [5.74, 6) is 0.878. The summed E-state index contributed by atoms with van der Waals surface area (Å²) in [6.07, 6.45) is 3.35. The van der Waals surface area contributed by atoms with Crippen LogP contribution >= 0.6 is 27.5 Å². The summed E-state index contributed by atoms with van der Waals surface area (Å²) in [5, 5.41) is 0.144. The Hall–Kier alpha value is -0.210. The Bertz CT molecular complexity index is 351. The zero-order valence-corrected chi connectivity index (χ0v) is 10.4. The number of benzene rings is 1. The van der Waals surface area contributed by atoms with Crippen LogP contribution < -0.4 is 4.74 Å². The molecule has 76 valence electrons. The minimum Gasteiger partial charge on any atom is -0.497 e. The minimum absolute atomic E-state index is 0.144. The van der Waals surface area contributed by atoms with Crippen molar-refractivity contribution in [2.75, 3.05) is 7.11 Å². The second kappa shape index (κ2) is 4.11. The monoisotopic (exact) mass is 274 g/mol. The molecule has 1 atom stereocenters. The fourth-order valence-corrected chi connectivity index (χ4v) is 2.91. The normalized spacial score (nSPS) is 20.4. The molecule has 3 heteroatoms. The molecule has 0 heterocycles.